The van der Waals surface area contributed by atoms with Crippen molar-refractivity contribution in [2.24, 2.45) is 0 Å². The Bertz CT molecular complexity index is 1190. The van der Waals surface area contributed by atoms with Gasteiger partial charge in [-0.25, -0.2) is 0 Å². The van der Waals surface area contributed by atoms with E-state index in [1.54, 1.807) is 6.20 Å². The Morgan fingerprint density at radius 3 is 2.64 bits per heavy atom. The van der Waals surface area contributed by atoms with E-state index >= 15 is 0 Å². The first kappa shape index (κ1) is 23.0. The highest BCUT2D eigenvalue weighted by atomic mass is 32.1. The minimum atomic E-state index is -0.295. The van der Waals surface area contributed by atoms with Crippen molar-refractivity contribution in [3.63, 3.8) is 0 Å². The Hall–Kier alpha value is -3.19. The van der Waals surface area contributed by atoms with Crippen LogP contribution in [0.1, 0.15) is 52.8 Å². The van der Waals surface area contributed by atoms with Gasteiger partial charge in [0.05, 0.1) is 24.4 Å². The van der Waals surface area contributed by atoms with Gasteiger partial charge in [0.15, 0.2) is 5.11 Å². The standard InChI is InChI=1S/C26H30N4O2S/c1-6-32-23(31)15-29-25(24(28-26(29)33)21-9-7-8-12-27-21)20-14-18(4)30(19(20)5)22-13-16(2)10-11-17(22)3/h7-14,24-25H,6,15H2,1-5H3,(H,28,33). The average Bonchev–Trinajstić information content (AvgIpc) is 3.26. The van der Waals surface area contributed by atoms with E-state index in [0.717, 1.165) is 28.3 Å². The molecule has 33 heavy (non-hydrogen) atoms. The van der Waals surface area contributed by atoms with Crippen LogP contribution in [-0.2, 0) is 9.53 Å². The first-order chi connectivity index (χ1) is 15.8. The number of aromatic nitrogens is 2. The molecule has 0 bridgehead atoms. The number of nitrogens with zero attached hydrogens (tertiary/aromatic N) is 3. The summed E-state index contributed by atoms with van der Waals surface area (Å²) >= 11 is 5.68. The van der Waals surface area contributed by atoms with E-state index in [4.69, 9.17) is 17.0 Å². The van der Waals surface area contributed by atoms with Crippen LogP contribution in [0.15, 0.2) is 48.7 Å². The van der Waals surface area contributed by atoms with E-state index in [-0.39, 0.29) is 24.6 Å². The molecule has 172 valence electrons. The molecule has 0 aliphatic carbocycles. The van der Waals surface area contributed by atoms with E-state index in [2.05, 4.69) is 66.8 Å². The molecule has 4 rings (SSSR count). The summed E-state index contributed by atoms with van der Waals surface area (Å²) in [7, 11) is 0. The molecule has 0 radical (unpaired) electrons. The maximum Gasteiger partial charge on any atom is 0.325 e. The summed E-state index contributed by atoms with van der Waals surface area (Å²) in [6, 6.07) is 14.2. The van der Waals surface area contributed by atoms with Gasteiger partial charge < -0.3 is 19.5 Å². The number of ether oxygens (including phenoxy) is 1. The Kier molecular flexibility index (Phi) is 6.51. The maximum atomic E-state index is 12.5. The van der Waals surface area contributed by atoms with Crippen molar-refractivity contribution in [1.29, 1.82) is 0 Å². The van der Waals surface area contributed by atoms with Crippen molar-refractivity contribution in [2.75, 3.05) is 13.2 Å². The molecule has 6 nitrogen and oxygen atoms in total. The fraction of sp³-hybridized carbons (Fsp3) is 0.346. The molecule has 1 fully saturated rings. The number of esters is 1. The van der Waals surface area contributed by atoms with Gasteiger partial charge in [0.1, 0.15) is 6.54 Å². The Morgan fingerprint density at radius 2 is 1.94 bits per heavy atom. The second-order valence-electron chi connectivity index (χ2n) is 8.51. The van der Waals surface area contributed by atoms with Crippen LogP contribution in [0.5, 0.6) is 0 Å². The van der Waals surface area contributed by atoms with Crippen LogP contribution < -0.4 is 5.32 Å². The van der Waals surface area contributed by atoms with E-state index in [1.165, 1.54) is 11.1 Å². The van der Waals surface area contributed by atoms with Crippen LogP contribution in [0.25, 0.3) is 5.69 Å². The third-order valence-electron chi connectivity index (χ3n) is 6.20. The fourth-order valence-electron chi connectivity index (χ4n) is 4.68. The molecular weight excluding hydrogens is 432 g/mol. The highest BCUT2D eigenvalue weighted by Crippen LogP contribution is 2.41. The van der Waals surface area contributed by atoms with Crippen molar-refractivity contribution >= 4 is 23.3 Å². The smallest absolute Gasteiger partial charge is 0.325 e. The zero-order valence-electron chi connectivity index (χ0n) is 19.8. The molecular formula is C26H30N4O2S. The number of rotatable bonds is 6. The van der Waals surface area contributed by atoms with E-state index in [9.17, 15) is 4.79 Å². The number of hydrogen-bond donors (Lipinski definition) is 1. The lowest BCUT2D eigenvalue weighted by Gasteiger charge is -2.27. The third-order valence-corrected chi connectivity index (χ3v) is 6.55. The predicted octanol–water partition coefficient (Wildman–Crippen LogP) is 4.64. The van der Waals surface area contributed by atoms with Crippen LogP contribution in [-0.4, -0.2) is 38.7 Å². The van der Waals surface area contributed by atoms with Crippen molar-refractivity contribution in [3.05, 3.63) is 82.4 Å². The minimum absolute atomic E-state index is 0.0841. The van der Waals surface area contributed by atoms with Crippen LogP contribution in [0.2, 0.25) is 0 Å². The monoisotopic (exact) mass is 462 g/mol. The van der Waals surface area contributed by atoms with Crippen molar-refractivity contribution in [1.82, 2.24) is 19.8 Å². The number of aryl methyl sites for hydroxylation is 3. The molecule has 3 aromatic rings. The molecule has 0 spiro atoms. The molecule has 0 saturated carbocycles. The number of carbonyl (C=O) groups excluding carboxylic acids is 1. The summed E-state index contributed by atoms with van der Waals surface area (Å²) in [6.45, 7) is 10.7. The SMILES string of the molecule is CCOC(=O)CN1C(=S)NC(c2ccccn2)C1c1cc(C)n(-c2cc(C)ccc2C)c1C. The zero-order chi connectivity index (χ0) is 23.7. The number of nitrogens with one attached hydrogen (secondary N) is 1. The summed E-state index contributed by atoms with van der Waals surface area (Å²) in [5, 5.41) is 3.94. The van der Waals surface area contributed by atoms with Gasteiger partial charge in [-0.15, -0.1) is 0 Å². The highest BCUT2D eigenvalue weighted by molar-refractivity contribution is 7.80. The lowest BCUT2D eigenvalue weighted by atomic mass is 9.96. The zero-order valence-corrected chi connectivity index (χ0v) is 20.6. The molecule has 1 aliphatic rings. The number of thiocarbonyl (C=S) groups is 1. The molecule has 1 saturated heterocycles. The predicted molar refractivity (Wildman–Crippen MR) is 134 cm³/mol. The molecule has 1 aliphatic heterocycles. The van der Waals surface area contributed by atoms with Gasteiger partial charge in [0.2, 0.25) is 0 Å². The molecule has 2 unspecified atom stereocenters. The van der Waals surface area contributed by atoms with Crippen LogP contribution >= 0.6 is 12.2 Å². The number of hydrogen-bond acceptors (Lipinski definition) is 4. The van der Waals surface area contributed by atoms with E-state index in [1.807, 2.05) is 30.0 Å². The second kappa shape index (κ2) is 9.35. The molecule has 3 heterocycles. The van der Waals surface area contributed by atoms with E-state index in [0.29, 0.717) is 11.7 Å². The molecule has 2 atom stereocenters. The van der Waals surface area contributed by atoms with Crippen molar-refractivity contribution in [3.8, 4) is 5.69 Å². The largest absolute Gasteiger partial charge is 0.465 e. The first-order valence-corrected chi connectivity index (χ1v) is 11.6. The molecule has 7 heteroatoms. The number of pyridine rings is 1. The van der Waals surface area contributed by atoms with E-state index < -0.39 is 0 Å². The van der Waals surface area contributed by atoms with Crippen molar-refractivity contribution in [2.45, 2.75) is 46.7 Å². The quantitative estimate of drug-likeness (QED) is 0.425. The molecule has 0 amide bonds. The Morgan fingerprint density at radius 1 is 1.15 bits per heavy atom. The summed E-state index contributed by atoms with van der Waals surface area (Å²) in [5.74, 6) is -0.295. The lowest BCUT2D eigenvalue weighted by molar-refractivity contribution is -0.143. The minimum Gasteiger partial charge on any atom is -0.465 e. The highest BCUT2D eigenvalue weighted by Gasteiger charge is 2.42. The van der Waals surface area contributed by atoms with Crippen molar-refractivity contribution < 1.29 is 9.53 Å². The third kappa shape index (κ3) is 4.37. The van der Waals surface area contributed by atoms with Gasteiger partial charge in [-0.2, -0.15) is 0 Å². The van der Waals surface area contributed by atoms with Gasteiger partial charge in [-0.1, -0.05) is 18.2 Å². The van der Waals surface area contributed by atoms with Crippen LogP contribution in [0, 0.1) is 27.7 Å². The topological polar surface area (TPSA) is 59.4 Å². The average molecular weight is 463 g/mol. The first-order valence-electron chi connectivity index (χ1n) is 11.2. The van der Waals surface area contributed by atoms with Gasteiger partial charge >= 0.3 is 5.97 Å². The van der Waals surface area contributed by atoms with Gasteiger partial charge in [-0.3, -0.25) is 9.78 Å². The summed E-state index contributed by atoms with van der Waals surface area (Å²) in [4.78, 5) is 19.0. The second-order valence-corrected chi connectivity index (χ2v) is 8.90. The molecule has 1 aromatic carbocycles. The molecule has 1 N–H and O–H groups in total. The summed E-state index contributed by atoms with van der Waals surface area (Å²) in [5.41, 5.74) is 7.82. The Labute approximate surface area is 200 Å². The normalized spacial score (nSPS) is 17.8. The van der Waals surface area contributed by atoms with Gasteiger partial charge in [0.25, 0.3) is 0 Å². The van der Waals surface area contributed by atoms with Crippen LogP contribution in [0.4, 0.5) is 0 Å². The maximum absolute atomic E-state index is 12.5. The van der Waals surface area contributed by atoms with Gasteiger partial charge in [-0.05, 0) is 87.8 Å². The Balaban J connectivity index is 1.84. The number of carbonyl (C=O) groups is 1. The van der Waals surface area contributed by atoms with Crippen LogP contribution in [0.3, 0.4) is 0 Å². The van der Waals surface area contributed by atoms with Gasteiger partial charge in [0, 0.05) is 23.3 Å². The number of benzene rings is 1. The molecule has 2 aromatic heterocycles. The lowest BCUT2D eigenvalue weighted by Crippen LogP contribution is -2.35. The summed E-state index contributed by atoms with van der Waals surface area (Å²) in [6.07, 6.45) is 1.78. The summed E-state index contributed by atoms with van der Waals surface area (Å²) < 4.78 is 7.53. The fourth-order valence-corrected chi connectivity index (χ4v) is 4.98.